The summed E-state index contributed by atoms with van der Waals surface area (Å²) in [6, 6.07) is 0. The molecule has 1 aliphatic carbocycles. The number of rotatable bonds is 8. The van der Waals surface area contributed by atoms with Gasteiger partial charge < -0.3 is 10.0 Å². The van der Waals surface area contributed by atoms with Crippen LogP contribution in [0.3, 0.4) is 0 Å². The molecule has 0 atom stereocenters. The molecular weight excluding hydrogens is 190 g/mol. The molecule has 0 aliphatic heterocycles. The van der Waals surface area contributed by atoms with Gasteiger partial charge in [-0.25, -0.2) is 0 Å². The van der Waals surface area contributed by atoms with Gasteiger partial charge in [0.05, 0.1) is 0 Å². The lowest BCUT2D eigenvalue weighted by Gasteiger charge is -2.27. The summed E-state index contributed by atoms with van der Waals surface area (Å²) in [5.74, 6) is 0.304. The number of unbranched alkanes of at least 4 members (excludes halogenated alkanes) is 1. The Kier molecular flexibility index (Phi) is 5.69. The Hall–Kier alpha value is -0.570. The Labute approximate surface area is 92.5 Å². The zero-order chi connectivity index (χ0) is 11.1. The van der Waals surface area contributed by atoms with Crippen molar-refractivity contribution in [2.45, 2.75) is 44.9 Å². The first-order valence-corrected chi connectivity index (χ1v) is 6.09. The van der Waals surface area contributed by atoms with E-state index < -0.39 is 5.97 Å². The highest BCUT2D eigenvalue weighted by atomic mass is 16.4. The molecule has 15 heavy (non-hydrogen) atoms. The summed E-state index contributed by atoms with van der Waals surface area (Å²) in [5, 5.41) is 8.48. The Morgan fingerprint density at radius 2 is 2.07 bits per heavy atom. The molecule has 1 aliphatic rings. The van der Waals surface area contributed by atoms with Gasteiger partial charge in [0, 0.05) is 6.42 Å². The maximum absolute atomic E-state index is 10.3. The molecule has 0 aromatic heterocycles. The Morgan fingerprint density at radius 3 is 2.60 bits per heavy atom. The summed E-state index contributed by atoms with van der Waals surface area (Å²) < 4.78 is 0. The van der Waals surface area contributed by atoms with Gasteiger partial charge in [-0.05, 0) is 45.3 Å². The average molecular weight is 213 g/mol. The fraction of sp³-hybridized carbons (Fsp3) is 0.917. The van der Waals surface area contributed by atoms with Crippen molar-refractivity contribution >= 4 is 5.97 Å². The predicted octanol–water partition coefficient (Wildman–Crippen LogP) is 2.36. The van der Waals surface area contributed by atoms with E-state index >= 15 is 0 Å². The molecule has 0 aromatic carbocycles. The number of carboxylic acid groups (broad SMARTS) is 1. The van der Waals surface area contributed by atoms with Crippen LogP contribution >= 0.6 is 0 Å². The molecule has 1 rings (SSSR count). The van der Waals surface area contributed by atoms with Crippen LogP contribution in [0.4, 0.5) is 0 Å². The van der Waals surface area contributed by atoms with Crippen LogP contribution in [0.25, 0.3) is 0 Å². The van der Waals surface area contributed by atoms with Crippen molar-refractivity contribution in [2.75, 3.05) is 20.1 Å². The third-order valence-corrected chi connectivity index (χ3v) is 3.32. The number of hydrogen-bond donors (Lipinski definition) is 1. The van der Waals surface area contributed by atoms with Crippen LogP contribution in [0.15, 0.2) is 0 Å². The van der Waals surface area contributed by atoms with Crippen LogP contribution < -0.4 is 0 Å². The van der Waals surface area contributed by atoms with Gasteiger partial charge in [0.15, 0.2) is 0 Å². The second-order valence-corrected chi connectivity index (χ2v) is 4.74. The van der Waals surface area contributed by atoms with Crippen LogP contribution in [0.1, 0.15) is 44.9 Å². The summed E-state index contributed by atoms with van der Waals surface area (Å²) in [4.78, 5) is 12.6. The highest BCUT2D eigenvalue weighted by Gasteiger charge is 2.17. The molecule has 88 valence electrons. The lowest BCUT2D eigenvalue weighted by Crippen LogP contribution is -2.25. The smallest absolute Gasteiger partial charge is 0.303 e. The molecule has 0 bridgehead atoms. The number of carboxylic acids is 1. The third kappa shape index (κ3) is 5.78. The standard InChI is InChI=1S/C12H23NO2/c1-13(9-3-2-7-12(14)15)10-8-11-5-4-6-11/h11H,2-10H2,1H3,(H,14,15). The van der Waals surface area contributed by atoms with E-state index in [4.69, 9.17) is 5.11 Å². The molecule has 3 nitrogen and oxygen atoms in total. The van der Waals surface area contributed by atoms with Crippen molar-refractivity contribution in [3.05, 3.63) is 0 Å². The minimum atomic E-state index is -0.674. The average Bonchev–Trinajstić information content (AvgIpc) is 2.09. The van der Waals surface area contributed by atoms with E-state index in [1.54, 1.807) is 0 Å². The maximum Gasteiger partial charge on any atom is 0.303 e. The van der Waals surface area contributed by atoms with Gasteiger partial charge in [0.25, 0.3) is 0 Å². The fourth-order valence-electron chi connectivity index (χ4n) is 1.95. The summed E-state index contributed by atoms with van der Waals surface area (Å²) >= 11 is 0. The topological polar surface area (TPSA) is 40.5 Å². The molecule has 0 aromatic rings. The highest BCUT2D eigenvalue weighted by molar-refractivity contribution is 5.66. The quantitative estimate of drug-likeness (QED) is 0.629. The first-order chi connectivity index (χ1) is 7.18. The minimum Gasteiger partial charge on any atom is -0.481 e. The highest BCUT2D eigenvalue weighted by Crippen LogP contribution is 2.29. The number of aliphatic carboxylic acids is 1. The van der Waals surface area contributed by atoms with Gasteiger partial charge in [-0.3, -0.25) is 4.79 Å². The third-order valence-electron chi connectivity index (χ3n) is 3.32. The molecule has 1 fully saturated rings. The minimum absolute atomic E-state index is 0.316. The van der Waals surface area contributed by atoms with E-state index in [0.717, 1.165) is 25.3 Å². The van der Waals surface area contributed by atoms with E-state index in [1.807, 2.05) is 0 Å². The monoisotopic (exact) mass is 213 g/mol. The molecule has 1 saturated carbocycles. The molecular formula is C12H23NO2. The van der Waals surface area contributed by atoms with Crippen LogP contribution in [-0.2, 0) is 4.79 Å². The van der Waals surface area contributed by atoms with E-state index in [2.05, 4.69) is 11.9 Å². The zero-order valence-electron chi connectivity index (χ0n) is 9.74. The van der Waals surface area contributed by atoms with Gasteiger partial charge in [0.2, 0.25) is 0 Å². The predicted molar refractivity (Wildman–Crippen MR) is 60.9 cm³/mol. The van der Waals surface area contributed by atoms with Gasteiger partial charge in [-0.1, -0.05) is 19.3 Å². The largest absolute Gasteiger partial charge is 0.481 e. The van der Waals surface area contributed by atoms with Crippen LogP contribution in [-0.4, -0.2) is 36.1 Å². The number of hydrogen-bond acceptors (Lipinski definition) is 2. The van der Waals surface area contributed by atoms with Crippen molar-refractivity contribution in [3.8, 4) is 0 Å². The van der Waals surface area contributed by atoms with Crippen LogP contribution in [0.5, 0.6) is 0 Å². The molecule has 0 amide bonds. The first-order valence-electron chi connectivity index (χ1n) is 6.09. The molecule has 3 heteroatoms. The zero-order valence-corrected chi connectivity index (χ0v) is 9.74. The number of carbonyl (C=O) groups is 1. The molecule has 0 radical (unpaired) electrons. The maximum atomic E-state index is 10.3. The van der Waals surface area contributed by atoms with Crippen LogP contribution in [0.2, 0.25) is 0 Å². The van der Waals surface area contributed by atoms with Crippen molar-refractivity contribution in [1.82, 2.24) is 4.90 Å². The molecule has 0 saturated heterocycles. The number of nitrogens with zero attached hydrogens (tertiary/aromatic N) is 1. The Morgan fingerprint density at radius 1 is 1.33 bits per heavy atom. The van der Waals surface area contributed by atoms with E-state index in [9.17, 15) is 4.79 Å². The van der Waals surface area contributed by atoms with Crippen molar-refractivity contribution in [2.24, 2.45) is 5.92 Å². The molecule has 0 heterocycles. The normalized spacial score (nSPS) is 16.7. The van der Waals surface area contributed by atoms with Gasteiger partial charge in [-0.2, -0.15) is 0 Å². The lowest BCUT2D eigenvalue weighted by molar-refractivity contribution is -0.137. The van der Waals surface area contributed by atoms with E-state index in [-0.39, 0.29) is 0 Å². The van der Waals surface area contributed by atoms with Crippen molar-refractivity contribution in [3.63, 3.8) is 0 Å². The summed E-state index contributed by atoms with van der Waals surface area (Å²) in [5.41, 5.74) is 0. The fourth-order valence-corrected chi connectivity index (χ4v) is 1.95. The van der Waals surface area contributed by atoms with Crippen molar-refractivity contribution in [1.29, 1.82) is 0 Å². The van der Waals surface area contributed by atoms with E-state index in [1.165, 1.54) is 32.2 Å². The van der Waals surface area contributed by atoms with Crippen LogP contribution in [0, 0.1) is 5.92 Å². The second kappa shape index (κ2) is 6.83. The summed E-state index contributed by atoms with van der Waals surface area (Å²) in [7, 11) is 2.14. The molecule has 0 spiro atoms. The summed E-state index contributed by atoms with van der Waals surface area (Å²) in [6.07, 6.45) is 7.73. The van der Waals surface area contributed by atoms with Gasteiger partial charge in [0.1, 0.15) is 0 Å². The Bertz CT molecular complexity index is 190. The van der Waals surface area contributed by atoms with Gasteiger partial charge >= 0.3 is 5.97 Å². The molecule has 1 N–H and O–H groups in total. The SMILES string of the molecule is CN(CCCCC(=O)O)CCC1CCC1. The second-order valence-electron chi connectivity index (χ2n) is 4.74. The molecule has 0 unspecified atom stereocenters. The van der Waals surface area contributed by atoms with E-state index in [0.29, 0.717) is 6.42 Å². The summed E-state index contributed by atoms with van der Waals surface area (Å²) in [6.45, 7) is 2.22. The lowest BCUT2D eigenvalue weighted by atomic mass is 9.83. The Balaban J connectivity index is 1.88. The van der Waals surface area contributed by atoms with Crippen molar-refractivity contribution < 1.29 is 9.90 Å². The van der Waals surface area contributed by atoms with Gasteiger partial charge in [-0.15, -0.1) is 0 Å². The first kappa shape index (κ1) is 12.5.